The smallest absolute Gasteiger partial charge is 0.0780 e. The third-order valence-electron chi connectivity index (χ3n) is 10.5. The second-order valence-electron chi connectivity index (χ2n) is 13.4. The number of benzene rings is 3. The number of unbranched alkanes of at least 4 members (excludes halogenated alkanes) is 10. The van der Waals surface area contributed by atoms with Crippen molar-refractivity contribution < 1.29 is 0 Å². The van der Waals surface area contributed by atoms with Gasteiger partial charge in [-0.1, -0.05) is 165 Å². The molecule has 0 saturated heterocycles. The summed E-state index contributed by atoms with van der Waals surface area (Å²) < 4.78 is 0. The van der Waals surface area contributed by atoms with Gasteiger partial charge in [-0.05, 0) is 58.0 Å². The molecule has 0 spiro atoms. The molecule has 0 saturated carbocycles. The van der Waals surface area contributed by atoms with Crippen molar-refractivity contribution in [1.82, 2.24) is 4.98 Å². The number of pyridine rings is 1. The number of aromatic nitrogens is 1. The lowest BCUT2D eigenvalue weighted by atomic mass is 9.50. The van der Waals surface area contributed by atoms with Gasteiger partial charge in [-0.15, -0.1) is 0 Å². The molecule has 1 aliphatic rings. The summed E-state index contributed by atoms with van der Waals surface area (Å²) in [6.07, 6.45) is 20.6. The molecule has 5 rings (SSSR count). The Labute approximate surface area is 256 Å². The monoisotopic (exact) mass is 559 g/mol. The van der Waals surface area contributed by atoms with E-state index in [1.54, 1.807) is 5.56 Å². The number of rotatable bonds is 15. The normalized spacial score (nSPS) is 15.0. The molecule has 3 aromatic carbocycles. The molecule has 0 N–H and O–H groups in total. The predicted molar refractivity (Wildman–Crippen MR) is 183 cm³/mol. The van der Waals surface area contributed by atoms with Gasteiger partial charge in [-0.2, -0.15) is 0 Å². The van der Waals surface area contributed by atoms with Crippen LogP contribution in [0.5, 0.6) is 0 Å². The van der Waals surface area contributed by atoms with Crippen LogP contribution in [-0.4, -0.2) is 4.98 Å². The third-order valence-corrected chi connectivity index (χ3v) is 10.5. The zero-order chi connectivity index (χ0) is 29.4. The molecule has 0 unspecified atom stereocenters. The average molecular weight is 560 g/mol. The highest BCUT2D eigenvalue weighted by molar-refractivity contribution is 5.95. The highest BCUT2D eigenvalue weighted by Gasteiger charge is 2.51. The number of nitrogens with zero attached hydrogens (tertiary/aromatic N) is 1. The maximum absolute atomic E-state index is 4.96. The first kappa shape index (κ1) is 30.5. The van der Waals surface area contributed by atoms with E-state index in [-0.39, 0.29) is 10.8 Å². The van der Waals surface area contributed by atoms with Crippen LogP contribution >= 0.6 is 0 Å². The lowest BCUT2D eigenvalue weighted by molar-refractivity contribution is 0.199. The van der Waals surface area contributed by atoms with Gasteiger partial charge < -0.3 is 0 Å². The quantitative estimate of drug-likeness (QED) is 0.132. The van der Waals surface area contributed by atoms with Crippen LogP contribution in [0, 0.1) is 0 Å². The molecular weight excluding hydrogens is 506 g/mol. The van der Waals surface area contributed by atoms with Crippen molar-refractivity contribution in [3.8, 4) is 22.4 Å². The van der Waals surface area contributed by atoms with E-state index in [0.29, 0.717) is 0 Å². The van der Waals surface area contributed by atoms with E-state index >= 15 is 0 Å². The minimum Gasteiger partial charge on any atom is -0.256 e. The molecule has 0 radical (unpaired) electrons. The fourth-order valence-electron chi connectivity index (χ4n) is 7.96. The summed E-state index contributed by atoms with van der Waals surface area (Å²) in [5, 5.41) is 2.50. The Kier molecular flexibility index (Phi) is 10.2. The maximum atomic E-state index is 4.96. The van der Waals surface area contributed by atoms with Crippen molar-refractivity contribution in [2.24, 2.45) is 0 Å². The molecule has 0 amide bonds. The molecule has 42 heavy (non-hydrogen) atoms. The average Bonchev–Trinajstić information content (AvgIpc) is 3.02. The van der Waals surface area contributed by atoms with Crippen LogP contribution in [0.15, 0.2) is 79.0 Å². The van der Waals surface area contributed by atoms with Crippen molar-refractivity contribution in [2.45, 2.75) is 128 Å². The summed E-state index contributed by atoms with van der Waals surface area (Å²) in [6.45, 7) is 9.76. The first-order valence-electron chi connectivity index (χ1n) is 17.1. The summed E-state index contributed by atoms with van der Waals surface area (Å²) in [6, 6.07) is 27.5. The summed E-state index contributed by atoms with van der Waals surface area (Å²) in [4.78, 5) is 4.96. The van der Waals surface area contributed by atoms with Crippen molar-refractivity contribution in [3.63, 3.8) is 0 Å². The Morgan fingerprint density at radius 2 is 1.17 bits per heavy atom. The molecule has 0 bridgehead atoms. The van der Waals surface area contributed by atoms with Crippen LogP contribution in [0.25, 0.3) is 33.2 Å². The predicted octanol–water partition coefficient (Wildman–Crippen LogP) is 12.6. The SMILES string of the molecule is CCCCCCCCC1(CCCCCCCC)c2cc(-c3nccc4ccccc34)ccc2-c2ccccc2C1(C)C. The Bertz CT molecular complexity index is 1420. The highest BCUT2D eigenvalue weighted by Crippen LogP contribution is 2.59. The zero-order valence-electron chi connectivity index (χ0n) is 26.9. The second kappa shape index (κ2) is 14.0. The molecular formula is C41H53N. The summed E-state index contributed by atoms with van der Waals surface area (Å²) >= 11 is 0. The van der Waals surface area contributed by atoms with Gasteiger partial charge in [0, 0.05) is 22.6 Å². The summed E-state index contributed by atoms with van der Waals surface area (Å²) in [7, 11) is 0. The molecule has 1 heteroatoms. The fourth-order valence-corrected chi connectivity index (χ4v) is 7.96. The van der Waals surface area contributed by atoms with Crippen LogP contribution in [0.1, 0.15) is 129 Å². The Hall–Kier alpha value is -2.93. The largest absolute Gasteiger partial charge is 0.256 e. The van der Waals surface area contributed by atoms with Crippen molar-refractivity contribution >= 4 is 10.8 Å². The van der Waals surface area contributed by atoms with Crippen LogP contribution in [0.3, 0.4) is 0 Å². The van der Waals surface area contributed by atoms with E-state index in [0.717, 1.165) is 5.69 Å². The first-order chi connectivity index (χ1) is 20.5. The molecule has 0 fully saturated rings. The topological polar surface area (TPSA) is 12.9 Å². The molecule has 1 aromatic heterocycles. The van der Waals surface area contributed by atoms with E-state index < -0.39 is 0 Å². The molecule has 222 valence electrons. The zero-order valence-corrected chi connectivity index (χ0v) is 26.9. The minimum atomic E-state index is 0.0498. The van der Waals surface area contributed by atoms with Gasteiger partial charge in [-0.25, -0.2) is 0 Å². The first-order valence-corrected chi connectivity index (χ1v) is 17.1. The number of hydrogen-bond donors (Lipinski definition) is 0. The van der Waals surface area contributed by atoms with Gasteiger partial charge in [0.2, 0.25) is 0 Å². The fraction of sp³-hybridized carbons (Fsp3) is 0.488. The van der Waals surface area contributed by atoms with Gasteiger partial charge in [0.15, 0.2) is 0 Å². The molecule has 0 atom stereocenters. The van der Waals surface area contributed by atoms with E-state index in [9.17, 15) is 0 Å². The van der Waals surface area contributed by atoms with Gasteiger partial charge in [-0.3, -0.25) is 4.98 Å². The molecule has 1 heterocycles. The standard InChI is InChI=1S/C41H53N/c1-5-7-9-11-13-19-28-41(29-20-14-12-10-8-6-2)38-31-33(39-34-22-16-15-21-32(34)27-30-42-39)25-26-36(38)35-23-17-18-24-37(35)40(41,3)4/h15-18,21-27,30-31H,5-14,19-20,28-29H2,1-4H3. The van der Waals surface area contributed by atoms with Crippen LogP contribution in [-0.2, 0) is 10.8 Å². The molecule has 0 aliphatic heterocycles. The van der Waals surface area contributed by atoms with Gasteiger partial charge in [0.1, 0.15) is 0 Å². The third kappa shape index (κ3) is 6.08. The molecule has 1 nitrogen and oxygen atoms in total. The molecule has 4 aromatic rings. The van der Waals surface area contributed by atoms with Crippen LogP contribution < -0.4 is 0 Å². The Morgan fingerprint density at radius 3 is 1.88 bits per heavy atom. The summed E-state index contributed by atoms with van der Waals surface area (Å²) in [5.41, 5.74) is 8.51. The minimum absolute atomic E-state index is 0.0498. The van der Waals surface area contributed by atoms with Gasteiger partial charge in [0.05, 0.1) is 5.69 Å². The van der Waals surface area contributed by atoms with Crippen LogP contribution in [0.4, 0.5) is 0 Å². The second-order valence-corrected chi connectivity index (χ2v) is 13.4. The number of hydrogen-bond acceptors (Lipinski definition) is 1. The van der Waals surface area contributed by atoms with E-state index in [2.05, 4.69) is 100 Å². The number of fused-ring (bicyclic) bond motifs is 4. The Balaban J connectivity index is 1.60. The van der Waals surface area contributed by atoms with Crippen molar-refractivity contribution in [1.29, 1.82) is 0 Å². The van der Waals surface area contributed by atoms with Gasteiger partial charge >= 0.3 is 0 Å². The maximum Gasteiger partial charge on any atom is 0.0780 e. The molecule has 1 aliphatic carbocycles. The van der Waals surface area contributed by atoms with Crippen molar-refractivity contribution in [3.05, 3.63) is 90.1 Å². The lowest BCUT2D eigenvalue weighted by Crippen LogP contribution is -2.48. The Morgan fingerprint density at radius 1 is 0.571 bits per heavy atom. The van der Waals surface area contributed by atoms with Gasteiger partial charge in [0.25, 0.3) is 0 Å². The van der Waals surface area contributed by atoms with E-state index in [1.807, 2.05) is 6.20 Å². The van der Waals surface area contributed by atoms with Crippen molar-refractivity contribution in [2.75, 3.05) is 0 Å². The summed E-state index contributed by atoms with van der Waals surface area (Å²) in [5.74, 6) is 0. The van der Waals surface area contributed by atoms with E-state index in [1.165, 1.54) is 123 Å². The lowest BCUT2D eigenvalue weighted by Gasteiger charge is -2.53. The van der Waals surface area contributed by atoms with E-state index in [4.69, 9.17) is 4.98 Å². The highest BCUT2D eigenvalue weighted by atomic mass is 14.7. The van der Waals surface area contributed by atoms with Crippen LogP contribution in [0.2, 0.25) is 0 Å².